The van der Waals surface area contributed by atoms with Gasteiger partial charge in [0.05, 0.1) is 0 Å². The van der Waals surface area contributed by atoms with Crippen LogP contribution in [0.3, 0.4) is 0 Å². The highest BCUT2D eigenvalue weighted by Gasteiger charge is 2.15. The standard InChI is InChI=1S/C18H35NO4/c1-18(2,3)23-16(20)14-12-10-8-6-4-5-7-9-11-13-15(19)17(21)22/h15H,4-14,19H2,1-3H3,(H,21,22). The van der Waals surface area contributed by atoms with Gasteiger partial charge in [-0.2, -0.15) is 0 Å². The summed E-state index contributed by atoms with van der Waals surface area (Å²) < 4.78 is 5.27. The summed E-state index contributed by atoms with van der Waals surface area (Å²) in [6.45, 7) is 5.67. The van der Waals surface area contributed by atoms with Gasteiger partial charge in [-0.3, -0.25) is 9.59 Å². The third kappa shape index (κ3) is 15.6. The van der Waals surface area contributed by atoms with E-state index in [-0.39, 0.29) is 11.6 Å². The number of unbranched alkanes of at least 4 members (excludes halogenated alkanes) is 8. The molecular weight excluding hydrogens is 294 g/mol. The molecule has 0 aliphatic heterocycles. The lowest BCUT2D eigenvalue weighted by Gasteiger charge is -2.19. The van der Waals surface area contributed by atoms with Crippen molar-refractivity contribution in [3.63, 3.8) is 0 Å². The fourth-order valence-electron chi connectivity index (χ4n) is 2.39. The number of nitrogens with two attached hydrogens (primary N) is 1. The molecule has 1 atom stereocenters. The lowest BCUT2D eigenvalue weighted by molar-refractivity contribution is -0.155. The van der Waals surface area contributed by atoms with E-state index in [1.807, 2.05) is 20.8 Å². The fourth-order valence-corrected chi connectivity index (χ4v) is 2.39. The molecule has 0 aliphatic rings. The van der Waals surface area contributed by atoms with Gasteiger partial charge in [0.2, 0.25) is 0 Å². The molecule has 0 rings (SSSR count). The van der Waals surface area contributed by atoms with Crippen molar-refractivity contribution in [3.05, 3.63) is 0 Å². The Balaban J connectivity index is 3.28. The Hall–Kier alpha value is -1.10. The summed E-state index contributed by atoms with van der Waals surface area (Å²) in [5, 5.41) is 8.66. The minimum atomic E-state index is -0.906. The van der Waals surface area contributed by atoms with Gasteiger partial charge in [0, 0.05) is 6.42 Å². The van der Waals surface area contributed by atoms with Crippen molar-refractivity contribution in [3.8, 4) is 0 Å². The van der Waals surface area contributed by atoms with Gasteiger partial charge < -0.3 is 15.6 Å². The molecule has 0 fully saturated rings. The van der Waals surface area contributed by atoms with Gasteiger partial charge in [-0.1, -0.05) is 51.4 Å². The average Bonchev–Trinajstić information content (AvgIpc) is 2.42. The number of esters is 1. The first-order valence-electron chi connectivity index (χ1n) is 8.92. The van der Waals surface area contributed by atoms with Gasteiger partial charge in [0.1, 0.15) is 11.6 Å². The van der Waals surface area contributed by atoms with Crippen molar-refractivity contribution in [1.29, 1.82) is 0 Å². The lowest BCUT2D eigenvalue weighted by Crippen LogP contribution is -2.29. The third-order valence-electron chi connectivity index (χ3n) is 3.63. The maximum absolute atomic E-state index is 11.5. The molecule has 0 aromatic rings. The Kier molecular flexibility index (Phi) is 11.7. The zero-order valence-corrected chi connectivity index (χ0v) is 15.1. The molecule has 0 aromatic heterocycles. The van der Waals surface area contributed by atoms with E-state index in [0.717, 1.165) is 38.5 Å². The molecule has 0 saturated heterocycles. The molecule has 0 aromatic carbocycles. The topological polar surface area (TPSA) is 89.6 Å². The number of rotatable bonds is 13. The number of aliphatic carboxylic acids is 1. The highest BCUT2D eigenvalue weighted by Crippen LogP contribution is 2.13. The second-order valence-electron chi connectivity index (χ2n) is 7.25. The molecule has 0 saturated carbocycles. The molecule has 0 radical (unpaired) electrons. The largest absolute Gasteiger partial charge is 0.480 e. The Morgan fingerprint density at radius 2 is 1.35 bits per heavy atom. The number of carbonyl (C=O) groups excluding carboxylic acids is 1. The summed E-state index contributed by atoms with van der Waals surface area (Å²) in [4.78, 5) is 22.1. The maximum Gasteiger partial charge on any atom is 0.320 e. The first-order chi connectivity index (χ1) is 10.7. The van der Waals surface area contributed by atoms with Crippen LogP contribution in [-0.2, 0) is 14.3 Å². The highest BCUT2D eigenvalue weighted by molar-refractivity contribution is 5.72. The third-order valence-corrected chi connectivity index (χ3v) is 3.63. The van der Waals surface area contributed by atoms with Crippen LogP contribution >= 0.6 is 0 Å². The number of carboxylic acid groups (broad SMARTS) is 1. The van der Waals surface area contributed by atoms with Gasteiger partial charge in [-0.15, -0.1) is 0 Å². The minimum absolute atomic E-state index is 0.0999. The first kappa shape index (κ1) is 21.9. The van der Waals surface area contributed by atoms with Crippen LogP contribution in [0.4, 0.5) is 0 Å². The van der Waals surface area contributed by atoms with Crippen LogP contribution in [0.1, 0.15) is 91.4 Å². The fraction of sp³-hybridized carbons (Fsp3) is 0.889. The normalized spacial score (nSPS) is 12.9. The zero-order valence-electron chi connectivity index (χ0n) is 15.1. The first-order valence-corrected chi connectivity index (χ1v) is 8.92. The molecule has 136 valence electrons. The highest BCUT2D eigenvalue weighted by atomic mass is 16.6. The van der Waals surface area contributed by atoms with Gasteiger partial charge in [0.15, 0.2) is 0 Å². The SMILES string of the molecule is CC(C)(C)OC(=O)CCCCCCCCCCCC(N)C(=O)O. The molecule has 23 heavy (non-hydrogen) atoms. The van der Waals surface area contributed by atoms with E-state index in [1.54, 1.807) is 0 Å². The van der Waals surface area contributed by atoms with Crippen molar-refractivity contribution in [2.45, 2.75) is 103 Å². The molecule has 0 heterocycles. The minimum Gasteiger partial charge on any atom is -0.480 e. The summed E-state index contributed by atoms with van der Waals surface area (Å²) in [7, 11) is 0. The van der Waals surface area contributed by atoms with E-state index < -0.39 is 12.0 Å². The summed E-state index contributed by atoms with van der Waals surface area (Å²) >= 11 is 0. The molecule has 0 spiro atoms. The van der Waals surface area contributed by atoms with Crippen LogP contribution in [0.15, 0.2) is 0 Å². The van der Waals surface area contributed by atoms with E-state index in [1.165, 1.54) is 19.3 Å². The van der Waals surface area contributed by atoms with E-state index >= 15 is 0 Å². The predicted octanol–water partition coefficient (Wildman–Crippen LogP) is 4.03. The molecule has 1 unspecified atom stereocenters. The lowest BCUT2D eigenvalue weighted by atomic mass is 10.0. The molecule has 3 N–H and O–H groups in total. The molecular formula is C18H35NO4. The Bertz CT molecular complexity index is 336. The maximum atomic E-state index is 11.5. The number of carbonyl (C=O) groups is 2. The van der Waals surface area contributed by atoms with Gasteiger partial charge >= 0.3 is 11.9 Å². The van der Waals surface area contributed by atoms with Crippen molar-refractivity contribution in [2.24, 2.45) is 5.73 Å². The van der Waals surface area contributed by atoms with Crippen LogP contribution in [0.25, 0.3) is 0 Å². The number of ether oxygens (including phenoxy) is 1. The van der Waals surface area contributed by atoms with Gasteiger partial charge in [0.25, 0.3) is 0 Å². The monoisotopic (exact) mass is 329 g/mol. The van der Waals surface area contributed by atoms with E-state index in [9.17, 15) is 9.59 Å². The van der Waals surface area contributed by atoms with Crippen LogP contribution in [-0.4, -0.2) is 28.7 Å². The van der Waals surface area contributed by atoms with Gasteiger partial charge in [-0.25, -0.2) is 0 Å². The summed E-state index contributed by atoms with van der Waals surface area (Å²) in [6.07, 6.45) is 10.9. The molecule has 0 bridgehead atoms. The summed E-state index contributed by atoms with van der Waals surface area (Å²) in [6, 6.07) is -0.708. The van der Waals surface area contributed by atoms with Crippen LogP contribution in [0, 0.1) is 0 Å². The Labute approximate surface area is 141 Å². The molecule has 0 amide bonds. The van der Waals surface area contributed by atoms with Gasteiger partial charge in [-0.05, 0) is 33.6 Å². The van der Waals surface area contributed by atoms with E-state index in [2.05, 4.69) is 0 Å². The van der Waals surface area contributed by atoms with Crippen molar-refractivity contribution >= 4 is 11.9 Å². The average molecular weight is 329 g/mol. The molecule has 0 aliphatic carbocycles. The zero-order chi connectivity index (χ0) is 17.7. The van der Waals surface area contributed by atoms with Crippen LogP contribution in [0.2, 0.25) is 0 Å². The number of hydrogen-bond acceptors (Lipinski definition) is 4. The second-order valence-corrected chi connectivity index (χ2v) is 7.25. The number of hydrogen-bond donors (Lipinski definition) is 2. The summed E-state index contributed by atoms with van der Waals surface area (Å²) in [5.74, 6) is -1.01. The smallest absolute Gasteiger partial charge is 0.320 e. The van der Waals surface area contributed by atoms with E-state index in [0.29, 0.717) is 12.8 Å². The molecule has 5 nitrogen and oxygen atoms in total. The van der Waals surface area contributed by atoms with E-state index in [4.69, 9.17) is 15.6 Å². The van der Waals surface area contributed by atoms with Crippen molar-refractivity contribution in [1.82, 2.24) is 0 Å². The Morgan fingerprint density at radius 1 is 0.913 bits per heavy atom. The second kappa shape index (κ2) is 12.3. The quantitative estimate of drug-likeness (QED) is 0.393. The number of carboxylic acids is 1. The molecule has 5 heteroatoms. The van der Waals surface area contributed by atoms with Crippen molar-refractivity contribution < 1.29 is 19.4 Å². The summed E-state index contributed by atoms with van der Waals surface area (Å²) in [5.41, 5.74) is 5.06. The van der Waals surface area contributed by atoms with Crippen molar-refractivity contribution in [2.75, 3.05) is 0 Å². The Morgan fingerprint density at radius 3 is 1.78 bits per heavy atom. The predicted molar refractivity (Wildman–Crippen MR) is 92.2 cm³/mol. The van der Waals surface area contributed by atoms with Crippen LogP contribution < -0.4 is 5.73 Å². The van der Waals surface area contributed by atoms with Crippen LogP contribution in [0.5, 0.6) is 0 Å².